The molecule has 0 spiro atoms. The van der Waals surface area contributed by atoms with Gasteiger partial charge < -0.3 is 15.6 Å². The van der Waals surface area contributed by atoms with Crippen LogP contribution in [0.25, 0.3) is 10.9 Å². The SMILES string of the molecule is Cn1cc(C(=O)Nc2ccc(F)cc2F)c(=O)c2c(N)cccc21. The van der Waals surface area contributed by atoms with Crippen molar-refractivity contribution in [1.29, 1.82) is 0 Å². The van der Waals surface area contributed by atoms with Gasteiger partial charge in [0.2, 0.25) is 5.43 Å². The number of nitrogens with zero attached hydrogens (tertiary/aromatic N) is 1. The molecule has 0 bridgehead atoms. The van der Waals surface area contributed by atoms with Gasteiger partial charge >= 0.3 is 0 Å². The van der Waals surface area contributed by atoms with Crippen LogP contribution in [0.1, 0.15) is 10.4 Å². The van der Waals surface area contributed by atoms with Gasteiger partial charge in [-0.15, -0.1) is 0 Å². The van der Waals surface area contributed by atoms with Gasteiger partial charge in [-0.25, -0.2) is 8.78 Å². The number of aryl methyl sites for hydroxylation is 1. The molecular weight excluding hydrogens is 316 g/mol. The lowest BCUT2D eigenvalue weighted by molar-refractivity contribution is 0.102. The summed E-state index contributed by atoms with van der Waals surface area (Å²) in [5.41, 5.74) is 5.70. The maximum atomic E-state index is 13.7. The smallest absolute Gasteiger partial charge is 0.261 e. The number of nitrogens with one attached hydrogen (secondary N) is 1. The number of benzene rings is 2. The second-order valence-electron chi connectivity index (χ2n) is 5.30. The van der Waals surface area contributed by atoms with E-state index in [1.54, 1.807) is 29.8 Å². The van der Waals surface area contributed by atoms with E-state index in [2.05, 4.69) is 5.32 Å². The molecule has 0 aliphatic rings. The number of amides is 1. The van der Waals surface area contributed by atoms with E-state index < -0.39 is 23.0 Å². The highest BCUT2D eigenvalue weighted by atomic mass is 19.1. The molecule has 1 amide bonds. The van der Waals surface area contributed by atoms with Crippen molar-refractivity contribution in [2.24, 2.45) is 7.05 Å². The summed E-state index contributed by atoms with van der Waals surface area (Å²) < 4.78 is 28.2. The average Bonchev–Trinajstić information content (AvgIpc) is 2.53. The molecule has 0 saturated carbocycles. The lowest BCUT2D eigenvalue weighted by Crippen LogP contribution is -2.24. The number of pyridine rings is 1. The normalized spacial score (nSPS) is 10.8. The van der Waals surface area contributed by atoms with Crippen molar-refractivity contribution in [3.63, 3.8) is 0 Å². The van der Waals surface area contributed by atoms with Gasteiger partial charge in [-0.05, 0) is 24.3 Å². The Morgan fingerprint density at radius 2 is 1.96 bits per heavy atom. The Bertz CT molecular complexity index is 1030. The van der Waals surface area contributed by atoms with E-state index in [9.17, 15) is 18.4 Å². The van der Waals surface area contributed by atoms with Gasteiger partial charge in [-0.2, -0.15) is 0 Å². The lowest BCUT2D eigenvalue weighted by atomic mass is 10.1. The van der Waals surface area contributed by atoms with E-state index in [1.165, 1.54) is 6.20 Å². The van der Waals surface area contributed by atoms with Crippen LogP contribution in [-0.2, 0) is 7.05 Å². The third-order valence-corrected chi connectivity index (χ3v) is 3.67. The standard InChI is InChI=1S/C17H13F2N3O2/c1-22-8-10(16(23)15-12(20)3-2-4-14(15)22)17(24)21-13-6-5-9(18)7-11(13)19/h2-8H,20H2,1H3,(H,21,24). The first-order valence-corrected chi connectivity index (χ1v) is 7.02. The first-order valence-electron chi connectivity index (χ1n) is 7.02. The molecule has 24 heavy (non-hydrogen) atoms. The van der Waals surface area contributed by atoms with Gasteiger partial charge in [-0.1, -0.05) is 6.07 Å². The highest BCUT2D eigenvalue weighted by Crippen LogP contribution is 2.19. The third kappa shape index (κ3) is 2.60. The molecule has 122 valence electrons. The van der Waals surface area contributed by atoms with Crippen LogP contribution in [-0.4, -0.2) is 10.5 Å². The second kappa shape index (κ2) is 5.77. The van der Waals surface area contributed by atoms with Crippen molar-refractivity contribution >= 4 is 28.2 Å². The summed E-state index contributed by atoms with van der Waals surface area (Å²) in [5, 5.41) is 2.49. The van der Waals surface area contributed by atoms with Crippen LogP contribution < -0.4 is 16.5 Å². The summed E-state index contributed by atoms with van der Waals surface area (Å²) in [4.78, 5) is 24.9. The maximum Gasteiger partial charge on any atom is 0.261 e. The molecule has 1 aromatic heterocycles. The molecule has 3 rings (SSSR count). The highest BCUT2D eigenvalue weighted by Gasteiger charge is 2.17. The highest BCUT2D eigenvalue weighted by molar-refractivity contribution is 6.06. The van der Waals surface area contributed by atoms with Crippen LogP contribution >= 0.6 is 0 Å². The minimum absolute atomic E-state index is 0.188. The summed E-state index contributed by atoms with van der Waals surface area (Å²) in [6, 6.07) is 7.70. The number of rotatable bonds is 2. The molecule has 3 aromatic rings. The van der Waals surface area contributed by atoms with Crippen molar-refractivity contribution in [3.8, 4) is 0 Å². The van der Waals surface area contributed by atoms with E-state index in [0.29, 0.717) is 11.6 Å². The van der Waals surface area contributed by atoms with Crippen LogP contribution in [0.4, 0.5) is 20.2 Å². The molecule has 0 unspecified atom stereocenters. The fourth-order valence-corrected chi connectivity index (χ4v) is 2.50. The van der Waals surface area contributed by atoms with Gasteiger partial charge in [0.15, 0.2) is 0 Å². The summed E-state index contributed by atoms with van der Waals surface area (Å²) in [7, 11) is 1.66. The van der Waals surface area contributed by atoms with Gasteiger partial charge in [-0.3, -0.25) is 9.59 Å². The van der Waals surface area contributed by atoms with E-state index in [-0.39, 0.29) is 22.3 Å². The summed E-state index contributed by atoms with van der Waals surface area (Å²) in [5.74, 6) is -2.49. The predicted octanol–water partition coefficient (Wildman–Crippen LogP) is 2.65. The molecular formula is C17H13F2N3O2. The molecule has 0 radical (unpaired) electrons. The van der Waals surface area contributed by atoms with Crippen LogP contribution in [0.3, 0.4) is 0 Å². The second-order valence-corrected chi connectivity index (χ2v) is 5.30. The first kappa shape index (κ1) is 15.7. The van der Waals surface area contributed by atoms with Crippen molar-refractivity contribution in [1.82, 2.24) is 4.57 Å². The first-order chi connectivity index (χ1) is 11.4. The number of hydrogen-bond acceptors (Lipinski definition) is 3. The van der Waals surface area contributed by atoms with Crippen molar-refractivity contribution in [3.05, 3.63) is 70.0 Å². The topological polar surface area (TPSA) is 77.1 Å². The minimum Gasteiger partial charge on any atom is -0.398 e. The van der Waals surface area contributed by atoms with Crippen LogP contribution in [0.2, 0.25) is 0 Å². The summed E-state index contributed by atoms with van der Waals surface area (Å²) >= 11 is 0. The molecule has 5 nitrogen and oxygen atoms in total. The number of aromatic nitrogens is 1. The molecule has 0 aliphatic carbocycles. The maximum absolute atomic E-state index is 13.7. The Kier molecular flexibility index (Phi) is 3.76. The van der Waals surface area contributed by atoms with E-state index in [4.69, 9.17) is 5.73 Å². The number of anilines is 2. The fourth-order valence-electron chi connectivity index (χ4n) is 2.50. The van der Waals surface area contributed by atoms with E-state index in [0.717, 1.165) is 12.1 Å². The summed E-state index contributed by atoms with van der Waals surface area (Å²) in [6.45, 7) is 0. The number of nitrogens with two attached hydrogens (primary N) is 1. The van der Waals surface area contributed by atoms with Gasteiger partial charge in [0.1, 0.15) is 17.2 Å². The largest absolute Gasteiger partial charge is 0.398 e. The summed E-state index contributed by atoms with van der Waals surface area (Å²) in [6.07, 6.45) is 1.35. The third-order valence-electron chi connectivity index (χ3n) is 3.67. The Balaban J connectivity index is 2.09. The fraction of sp³-hybridized carbons (Fsp3) is 0.0588. The number of hydrogen-bond donors (Lipinski definition) is 2. The number of halogens is 2. The number of carbonyl (C=O) groups is 1. The molecule has 7 heteroatoms. The number of carbonyl (C=O) groups excluding carboxylic acids is 1. The van der Waals surface area contributed by atoms with Crippen molar-refractivity contribution in [2.45, 2.75) is 0 Å². The van der Waals surface area contributed by atoms with Crippen LogP contribution in [0.15, 0.2) is 47.4 Å². The Labute approximate surface area is 135 Å². The average molecular weight is 329 g/mol. The zero-order valence-electron chi connectivity index (χ0n) is 12.6. The van der Waals surface area contributed by atoms with E-state index in [1.807, 2.05) is 0 Å². The Morgan fingerprint density at radius 3 is 2.67 bits per heavy atom. The number of fused-ring (bicyclic) bond motifs is 1. The molecule has 0 atom stereocenters. The van der Waals surface area contributed by atoms with Crippen molar-refractivity contribution in [2.75, 3.05) is 11.1 Å². The number of nitrogen functional groups attached to an aromatic ring is 1. The van der Waals surface area contributed by atoms with Crippen molar-refractivity contribution < 1.29 is 13.6 Å². The molecule has 0 aliphatic heterocycles. The molecule has 3 N–H and O–H groups in total. The van der Waals surface area contributed by atoms with Gasteiger partial charge in [0.25, 0.3) is 5.91 Å². The predicted molar refractivity (Wildman–Crippen MR) is 87.9 cm³/mol. The molecule has 2 aromatic carbocycles. The molecule has 0 fully saturated rings. The lowest BCUT2D eigenvalue weighted by Gasteiger charge is -2.11. The van der Waals surface area contributed by atoms with E-state index >= 15 is 0 Å². The monoisotopic (exact) mass is 329 g/mol. The zero-order valence-corrected chi connectivity index (χ0v) is 12.6. The minimum atomic E-state index is -0.930. The molecule has 0 saturated heterocycles. The van der Waals surface area contributed by atoms with Gasteiger partial charge in [0, 0.05) is 25.0 Å². The quantitative estimate of drug-likeness (QED) is 0.710. The van der Waals surface area contributed by atoms with Crippen LogP contribution in [0.5, 0.6) is 0 Å². The zero-order chi connectivity index (χ0) is 17.4. The van der Waals surface area contributed by atoms with Gasteiger partial charge in [0.05, 0.1) is 16.6 Å². The Morgan fingerprint density at radius 1 is 1.21 bits per heavy atom. The van der Waals surface area contributed by atoms with Crippen LogP contribution in [0, 0.1) is 11.6 Å². The Hall–Kier alpha value is -3.22. The molecule has 1 heterocycles.